The van der Waals surface area contributed by atoms with Crippen LogP contribution in [0.25, 0.3) is 0 Å². The highest BCUT2D eigenvalue weighted by molar-refractivity contribution is 9.10. The Morgan fingerprint density at radius 3 is 2.10 bits per heavy atom. The largest absolute Gasteiger partial charge is 0.393 e. The minimum atomic E-state index is -0.363. The van der Waals surface area contributed by atoms with Gasteiger partial charge in [0.1, 0.15) is 12.0 Å². The van der Waals surface area contributed by atoms with Crippen molar-refractivity contribution < 1.29 is 9.59 Å². The zero-order valence-electron chi connectivity index (χ0n) is 15.4. The molecule has 0 fully saturated rings. The summed E-state index contributed by atoms with van der Waals surface area (Å²) >= 11 is 3.31. The van der Waals surface area contributed by atoms with Crippen molar-refractivity contribution in [2.24, 2.45) is 0 Å². The molecule has 0 radical (unpaired) electrons. The number of nitrogens with two attached hydrogens (primary N) is 1. The normalized spacial score (nSPS) is 10.1. The topological polar surface area (TPSA) is 134 Å². The van der Waals surface area contributed by atoms with Crippen molar-refractivity contribution in [1.82, 2.24) is 20.8 Å². The summed E-state index contributed by atoms with van der Waals surface area (Å²) in [5.41, 5.74) is 18.3. The SMILES string of the molecule is Cc1ccccc1C(=O)NNc1ncnc(NNC(=O)c2ccc(Br)cc2)c1N. The standard InChI is InChI=1S/C19H18BrN7O2/c1-11-4-2-3-5-14(11)19(29)27-25-17-15(21)16(22-10-23-17)24-26-18(28)12-6-8-13(20)9-7-12/h2-10H,21H2,1H3,(H,26,28)(H,27,29)(H2,22,23,24,25). The second-order valence-corrected chi connectivity index (χ2v) is 6.88. The van der Waals surface area contributed by atoms with Gasteiger partial charge in [0.05, 0.1) is 0 Å². The van der Waals surface area contributed by atoms with Gasteiger partial charge in [-0.05, 0) is 42.8 Å². The fourth-order valence-electron chi connectivity index (χ4n) is 2.40. The summed E-state index contributed by atoms with van der Waals surface area (Å²) in [6.45, 7) is 1.84. The molecule has 0 saturated heterocycles. The van der Waals surface area contributed by atoms with E-state index in [0.717, 1.165) is 10.0 Å². The highest BCUT2D eigenvalue weighted by atomic mass is 79.9. The third-order valence-corrected chi connectivity index (χ3v) is 4.50. The molecular weight excluding hydrogens is 438 g/mol. The molecule has 1 heterocycles. The van der Waals surface area contributed by atoms with E-state index in [-0.39, 0.29) is 29.1 Å². The van der Waals surface area contributed by atoms with Gasteiger partial charge in [0.2, 0.25) is 0 Å². The number of carbonyl (C=O) groups is 2. The lowest BCUT2D eigenvalue weighted by molar-refractivity contribution is 0.0954. The second kappa shape index (κ2) is 9.02. The molecule has 148 valence electrons. The molecule has 0 aliphatic rings. The van der Waals surface area contributed by atoms with Crippen molar-refractivity contribution in [3.8, 4) is 0 Å². The van der Waals surface area contributed by atoms with Crippen LogP contribution in [0.3, 0.4) is 0 Å². The Morgan fingerprint density at radius 1 is 0.897 bits per heavy atom. The van der Waals surface area contributed by atoms with Crippen LogP contribution in [0.15, 0.2) is 59.3 Å². The zero-order chi connectivity index (χ0) is 20.8. The molecule has 0 spiro atoms. The number of aromatic nitrogens is 2. The van der Waals surface area contributed by atoms with Crippen LogP contribution in [0.5, 0.6) is 0 Å². The van der Waals surface area contributed by atoms with E-state index >= 15 is 0 Å². The summed E-state index contributed by atoms with van der Waals surface area (Å²) in [6, 6.07) is 14.0. The molecule has 6 N–H and O–H groups in total. The molecule has 0 aliphatic carbocycles. The average molecular weight is 456 g/mol. The predicted octanol–water partition coefficient (Wildman–Crippen LogP) is 2.64. The van der Waals surface area contributed by atoms with E-state index in [0.29, 0.717) is 11.1 Å². The first kappa shape index (κ1) is 20.1. The van der Waals surface area contributed by atoms with Gasteiger partial charge in [-0.2, -0.15) is 0 Å². The summed E-state index contributed by atoms with van der Waals surface area (Å²) in [7, 11) is 0. The third kappa shape index (κ3) is 4.99. The maximum Gasteiger partial charge on any atom is 0.269 e. The van der Waals surface area contributed by atoms with Gasteiger partial charge < -0.3 is 5.73 Å². The van der Waals surface area contributed by atoms with Crippen molar-refractivity contribution in [2.75, 3.05) is 16.6 Å². The number of benzene rings is 2. The summed E-state index contributed by atoms with van der Waals surface area (Å²) in [5, 5.41) is 0. The van der Waals surface area contributed by atoms with Crippen LogP contribution in [-0.4, -0.2) is 21.8 Å². The number of aryl methyl sites for hydroxylation is 1. The van der Waals surface area contributed by atoms with Crippen LogP contribution in [0.1, 0.15) is 26.3 Å². The fraction of sp³-hybridized carbons (Fsp3) is 0.0526. The van der Waals surface area contributed by atoms with Crippen LogP contribution in [0.4, 0.5) is 17.3 Å². The number of rotatable bonds is 6. The predicted molar refractivity (Wildman–Crippen MR) is 114 cm³/mol. The van der Waals surface area contributed by atoms with Crippen molar-refractivity contribution in [3.63, 3.8) is 0 Å². The van der Waals surface area contributed by atoms with Crippen LogP contribution < -0.4 is 27.4 Å². The maximum atomic E-state index is 12.3. The molecule has 29 heavy (non-hydrogen) atoms. The van der Waals surface area contributed by atoms with Gasteiger partial charge in [-0.3, -0.25) is 31.3 Å². The molecule has 0 bridgehead atoms. The van der Waals surface area contributed by atoms with Crippen LogP contribution >= 0.6 is 15.9 Å². The van der Waals surface area contributed by atoms with Crippen molar-refractivity contribution in [1.29, 1.82) is 0 Å². The molecule has 10 heteroatoms. The number of carbonyl (C=O) groups excluding carboxylic acids is 2. The van der Waals surface area contributed by atoms with Gasteiger partial charge in [0.15, 0.2) is 11.6 Å². The lowest BCUT2D eigenvalue weighted by atomic mass is 10.1. The smallest absolute Gasteiger partial charge is 0.269 e. The van der Waals surface area contributed by atoms with Crippen molar-refractivity contribution >= 4 is 45.1 Å². The minimum Gasteiger partial charge on any atom is -0.393 e. The first-order valence-electron chi connectivity index (χ1n) is 8.50. The average Bonchev–Trinajstić information content (AvgIpc) is 2.72. The Hall–Kier alpha value is -3.66. The molecule has 1 aromatic heterocycles. The monoisotopic (exact) mass is 455 g/mol. The van der Waals surface area contributed by atoms with Gasteiger partial charge in [-0.15, -0.1) is 0 Å². The molecule has 3 aromatic rings. The van der Waals surface area contributed by atoms with E-state index in [4.69, 9.17) is 5.73 Å². The molecular formula is C19H18BrN7O2. The summed E-state index contributed by atoms with van der Waals surface area (Å²) in [4.78, 5) is 32.5. The Labute approximate surface area is 175 Å². The molecule has 2 aromatic carbocycles. The van der Waals surface area contributed by atoms with Gasteiger partial charge in [0, 0.05) is 15.6 Å². The minimum absolute atomic E-state index is 0.119. The molecule has 0 aliphatic heterocycles. The highest BCUT2D eigenvalue weighted by Gasteiger charge is 2.12. The van der Waals surface area contributed by atoms with Gasteiger partial charge in [-0.25, -0.2) is 9.97 Å². The maximum absolute atomic E-state index is 12.3. The molecule has 3 rings (SSSR count). The van der Waals surface area contributed by atoms with Crippen molar-refractivity contribution in [3.05, 3.63) is 76.0 Å². The van der Waals surface area contributed by atoms with Crippen LogP contribution in [-0.2, 0) is 0 Å². The van der Waals surface area contributed by atoms with Crippen molar-refractivity contribution in [2.45, 2.75) is 6.92 Å². The number of nitrogens with zero attached hydrogens (tertiary/aromatic N) is 2. The third-order valence-electron chi connectivity index (χ3n) is 3.97. The molecule has 9 nitrogen and oxygen atoms in total. The summed E-state index contributed by atoms with van der Waals surface area (Å²) in [6.07, 6.45) is 1.24. The van der Waals surface area contributed by atoms with E-state index in [1.54, 1.807) is 36.4 Å². The Morgan fingerprint density at radius 2 is 1.48 bits per heavy atom. The van der Waals surface area contributed by atoms with Gasteiger partial charge in [0.25, 0.3) is 11.8 Å². The van der Waals surface area contributed by atoms with E-state index in [2.05, 4.69) is 47.6 Å². The van der Waals surface area contributed by atoms with E-state index in [9.17, 15) is 9.59 Å². The summed E-state index contributed by atoms with van der Waals surface area (Å²) < 4.78 is 0.866. The van der Waals surface area contributed by atoms with E-state index in [1.807, 2.05) is 19.1 Å². The fourth-order valence-corrected chi connectivity index (χ4v) is 2.66. The van der Waals surface area contributed by atoms with E-state index < -0.39 is 0 Å². The number of amides is 2. The highest BCUT2D eigenvalue weighted by Crippen LogP contribution is 2.21. The van der Waals surface area contributed by atoms with E-state index in [1.165, 1.54) is 6.33 Å². The van der Waals surface area contributed by atoms with Crippen LogP contribution in [0, 0.1) is 6.92 Å². The number of nitrogen functional groups attached to an aromatic ring is 1. The lowest BCUT2D eigenvalue weighted by Gasteiger charge is -2.14. The quantitative estimate of drug-likeness (QED) is 0.360. The number of hydrogen-bond acceptors (Lipinski definition) is 7. The molecule has 2 amide bonds. The molecule has 0 unspecified atom stereocenters. The van der Waals surface area contributed by atoms with Gasteiger partial charge in [-0.1, -0.05) is 34.1 Å². The van der Waals surface area contributed by atoms with Crippen LogP contribution in [0.2, 0.25) is 0 Å². The first-order chi connectivity index (χ1) is 14.0. The number of anilines is 3. The summed E-state index contributed by atoms with van der Waals surface area (Å²) in [5.74, 6) is -0.336. The lowest BCUT2D eigenvalue weighted by Crippen LogP contribution is -2.32. The zero-order valence-corrected chi connectivity index (χ0v) is 16.9. The first-order valence-corrected chi connectivity index (χ1v) is 9.29. The number of halogens is 1. The van der Waals surface area contributed by atoms with Gasteiger partial charge >= 0.3 is 0 Å². The number of nitrogens with one attached hydrogen (secondary N) is 4. The number of hydrogen-bond donors (Lipinski definition) is 5. The molecule has 0 saturated carbocycles. The Kier molecular flexibility index (Phi) is 6.25. The Bertz CT molecular complexity index is 1040. The number of hydrazine groups is 2. The Balaban J connectivity index is 1.63. The molecule has 0 atom stereocenters. The second-order valence-electron chi connectivity index (χ2n) is 5.96.